The monoisotopic (exact) mass is 652 g/mol. The van der Waals surface area contributed by atoms with Crippen molar-refractivity contribution < 1.29 is 4.42 Å². The van der Waals surface area contributed by atoms with E-state index in [0.717, 1.165) is 11.2 Å². The third-order valence-corrected chi connectivity index (χ3v) is 11.7. The first-order valence-corrected chi connectivity index (χ1v) is 17.9. The Morgan fingerprint density at radius 1 is 0.320 bits per heavy atom. The van der Waals surface area contributed by atoms with E-state index in [4.69, 9.17) is 4.42 Å². The number of para-hydroxylation sites is 1. The minimum absolute atomic E-state index is 0.937. The van der Waals surface area contributed by atoms with E-state index in [2.05, 4.69) is 164 Å². The number of benzene rings is 9. The summed E-state index contributed by atoms with van der Waals surface area (Å²) in [6.45, 7) is 0. The van der Waals surface area contributed by atoms with Crippen LogP contribution in [0.15, 0.2) is 174 Å². The molecule has 232 valence electrons. The van der Waals surface area contributed by atoms with E-state index in [1.165, 1.54) is 96.6 Å². The van der Waals surface area contributed by atoms with Gasteiger partial charge in [-0.3, -0.25) is 0 Å². The molecule has 0 aliphatic rings. The second-order valence-corrected chi connectivity index (χ2v) is 14.3. The van der Waals surface area contributed by atoms with Gasteiger partial charge in [-0.15, -0.1) is 11.3 Å². The molecule has 9 aromatic carbocycles. The van der Waals surface area contributed by atoms with Crippen molar-refractivity contribution in [2.45, 2.75) is 0 Å². The molecule has 11 rings (SSSR count). The van der Waals surface area contributed by atoms with E-state index in [1.54, 1.807) is 0 Å². The first kappa shape index (κ1) is 27.7. The van der Waals surface area contributed by atoms with Gasteiger partial charge < -0.3 is 4.42 Å². The predicted molar refractivity (Wildman–Crippen MR) is 215 cm³/mol. The average Bonchev–Trinajstić information content (AvgIpc) is 3.74. The molecule has 0 amide bonds. The molecule has 0 radical (unpaired) electrons. The molecule has 0 unspecified atom stereocenters. The van der Waals surface area contributed by atoms with Gasteiger partial charge in [0.15, 0.2) is 0 Å². The average molecular weight is 653 g/mol. The molecular weight excluding hydrogens is 625 g/mol. The Morgan fingerprint density at radius 3 is 1.60 bits per heavy atom. The van der Waals surface area contributed by atoms with Gasteiger partial charge in [0, 0.05) is 36.3 Å². The second kappa shape index (κ2) is 10.6. The quantitative estimate of drug-likeness (QED) is 0.173. The van der Waals surface area contributed by atoms with Crippen LogP contribution in [-0.4, -0.2) is 0 Å². The maximum atomic E-state index is 6.28. The molecule has 0 spiro atoms. The van der Waals surface area contributed by atoms with Gasteiger partial charge in [0.1, 0.15) is 11.2 Å². The highest BCUT2D eigenvalue weighted by atomic mass is 32.1. The zero-order chi connectivity index (χ0) is 32.8. The minimum Gasteiger partial charge on any atom is -0.456 e. The molecule has 0 N–H and O–H groups in total. The Balaban J connectivity index is 1.04. The second-order valence-electron chi connectivity index (χ2n) is 13.2. The summed E-state index contributed by atoms with van der Waals surface area (Å²) >= 11 is 1.87. The first-order chi connectivity index (χ1) is 24.8. The Morgan fingerprint density at radius 2 is 0.900 bits per heavy atom. The van der Waals surface area contributed by atoms with Crippen molar-refractivity contribution in [1.29, 1.82) is 0 Å². The van der Waals surface area contributed by atoms with Gasteiger partial charge >= 0.3 is 0 Å². The molecule has 0 atom stereocenters. The smallest absolute Gasteiger partial charge is 0.136 e. The maximum absolute atomic E-state index is 6.28. The summed E-state index contributed by atoms with van der Waals surface area (Å²) in [6, 6.07) is 62.0. The third kappa shape index (κ3) is 4.06. The Kier molecular flexibility index (Phi) is 5.89. The van der Waals surface area contributed by atoms with Crippen LogP contribution in [0.5, 0.6) is 0 Å². The lowest BCUT2D eigenvalue weighted by Gasteiger charge is -2.18. The van der Waals surface area contributed by atoms with E-state index in [1.807, 2.05) is 17.4 Å². The van der Waals surface area contributed by atoms with Gasteiger partial charge in [-0.1, -0.05) is 140 Å². The number of fused-ring (bicyclic) bond motifs is 10. The maximum Gasteiger partial charge on any atom is 0.136 e. The predicted octanol–water partition coefficient (Wildman–Crippen LogP) is 14.4. The molecule has 0 saturated carbocycles. The van der Waals surface area contributed by atoms with Crippen LogP contribution in [-0.2, 0) is 0 Å². The first-order valence-electron chi connectivity index (χ1n) is 17.1. The molecule has 2 heteroatoms. The molecule has 0 bridgehead atoms. The SMILES string of the molecule is c1ccc(-c2c3ccccc3c(-c3ccc(-c4ccc5sc6c7cc8oc9ccccc9c8cc7ccc6c5c4)cc3)c3ccccc23)cc1. The van der Waals surface area contributed by atoms with E-state index in [-0.39, 0.29) is 0 Å². The summed E-state index contributed by atoms with van der Waals surface area (Å²) in [5.74, 6) is 0. The fraction of sp³-hybridized carbons (Fsp3) is 0. The van der Waals surface area contributed by atoms with E-state index in [9.17, 15) is 0 Å². The molecule has 0 aliphatic carbocycles. The van der Waals surface area contributed by atoms with Gasteiger partial charge in [0.2, 0.25) is 0 Å². The van der Waals surface area contributed by atoms with Crippen LogP contribution in [0.4, 0.5) is 0 Å². The zero-order valence-electron chi connectivity index (χ0n) is 27.0. The molecule has 0 saturated heterocycles. The van der Waals surface area contributed by atoms with E-state index in [0.29, 0.717) is 0 Å². The summed E-state index contributed by atoms with van der Waals surface area (Å²) in [7, 11) is 0. The van der Waals surface area contributed by atoms with Crippen molar-refractivity contribution >= 4 is 85.8 Å². The van der Waals surface area contributed by atoms with Gasteiger partial charge in [0.05, 0.1) is 0 Å². The van der Waals surface area contributed by atoms with Crippen molar-refractivity contribution in [1.82, 2.24) is 0 Å². The zero-order valence-corrected chi connectivity index (χ0v) is 27.8. The normalized spacial score (nSPS) is 12.0. The lowest BCUT2D eigenvalue weighted by molar-refractivity contribution is 0.669. The van der Waals surface area contributed by atoms with E-state index < -0.39 is 0 Å². The molecule has 2 aromatic heterocycles. The fourth-order valence-electron chi connectivity index (χ4n) is 8.14. The van der Waals surface area contributed by atoms with E-state index >= 15 is 0 Å². The molecule has 1 nitrogen and oxygen atoms in total. The topological polar surface area (TPSA) is 13.1 Å². The van der Waals surface area contributed by atoms with Crippen LogP contribution in [0.3, 0.4) is 0 Å². The highest BCUT2D eigenvalue weighted by molar-refractivity contribution is 7.26. The van der Waals surface area contributed by atoms with Crippen molar-refractivity contribution in [3.8, 4) is 33.4 Å². The lowest BCUT2D eigenvalue weighted by atomic mass is 9.86. The Labute approximate surface area is 292 Å². The molecule has 0 aliphatic heterocycles. The van der Waals surface area contributed by atoms with Gasteiger partial charge in [-0.25, -0.2) is 0 Å². The molecule has 2 heterocycles. The summed E-state index contributed by atoms with van der Waals surface area (Å²) in [5, 5.41) is 12.5. The molecule has 50 heavy (non-hydrogen) atoms. The van der Waals surface area contributed by atoms with Gasteiger partial charge in [0.25, 0.3) is 0 Å². The molecule has 11 aromatic rings. The van der Waals surface area contributed by atoms with Crippen molar-refractivity contribution in [2.75, 3.05) is 0 Å². The highest BCUT2D eigenvalue weighted by Gasteiger charge is 2.17. The number of hydrogen-bond donors (Lipinski definition) is 0. The standard InChI is InChI=1S/C48H28OS/c1-2-10-30(11-3-1)46-35-13-4-6-15-37(35)47(38-16-7-5-14-36(38)46)31-20-18-29(19-21-31)32-23-25-45-42(26-32)39-24-22-33-27-41-34-12-8-9-17-43(34)49-44(41)28-40(33)48(39)50-45/h1-28H. The Hall–Kier alpha value is -6.22. The van der Waals surface area contributed by atoms with Crippen molar-refractivity contribution in [2.24, 2.45) is 0 Å². The van der Waals surface area contributed by atoms with Crippen molar-refractivity contribution in [3.63, 3.8) is 0 Å². The number of thiophene rings is 1. The van der Waals surface area contributed by atoms with Gasteiger partial charge in [-0.05, 0) is 90.6 Å². The third-order valence-electron chi connectivity index (χ3n) is 10.5. The minimum atomic E-state index is 0.937. The summed E-state index contributed by atoms with van der Waals surface area (Å²) in [6.07, 6.45) is 0. The van der Waals surface area contributed by atoms with Crippen LogP contribution >= 0.6 is 11.3 Å². The lowest BCUT2D eigenvalue weighted by Crippen LogP contribution is -1.90. The van der Waals surface area contributed by atoms with Crippen LogP contribution in [0.2, 0.25) is 0 Å². The van der Waals surface area contributed by atoms with Gasteiger partial charge in [-0.2, -0.15) is 0 Å². The summed E-state index contributed by atoms with van der Waals surface area (Å²) < 4.78 is 8.89. The molecular formula is C48H28OS. The Bertz CT molecular complexity index is 3070. The summed E-state index contributed by atoms with van der Waals surface area (Å²) in [5.41, 5.74) is 9.38. The number of rotatable bonds is 3. The number of hydrogen-bond acceptors (Lipinski definition) is 2. The highest BCUT2D eigenvalue weighted by Crippen LogP contribution is 2.45. The summed E-state index contributed by atoms with van der Waals surface area (Å²) in [4.78, 5) is 0. The van der Waals surface area contributed by atoms with Crippen molar-refractivity contribution in [3.05, 3.63) is 170 Å². The van der Waals surface area contributed by atoms with Crippen LogP contribution in [0, 0.1) is 0 Å². The number of furan rings is 1. The molecule has 0 fully saturated rings. The largest absolute Gasteiger partial charge is 0.456 e. The van der Waals surface area contributed by atoms with Crippen LogP contribution < -0.4 is 0 Å². The van der Waals surface area contributed by atoms with Crippen LogP contribution in [0.25, 0.3) is 108 Å². The van der Waals surface area contributed by atoms with Crippen LogP contribution in [0.1, 0.15) is 0 Å². The fourth-order valence-corrected chi connectivity index (χ4v) is 9.35.